The van der Waals surface area contributed by atoms with Crippen LogP contribution in [0.25, 0.3) is 10.8 Å². The highest BCUT2D eigenvalue weighted by Gasteiger charge is 2.17. The SMILES string of the molecule is CC(CN)N(C)C(=O)CCNS(=O)(=O)c1ccc2ccccc2c1.Cl. The summed E-state index contributed by atoms with van der Waals surface area (Å²) in [5.74, 6) is -0.144. The first kappa shape index (κ1) is 21.4. The molecule has 25 heavy (non-hydrogen) atoms. The van der Waals surface area contributed by atoms with E-state index in [4.69, 9.17) is 5.73 Å². The van der Waals surface area contributed by atoms with Gasteiger partial charge in [0.1, 0.15) is 0 Å². The summed E-state index contributed by atoms with van der Waals surface area (Å²) in [5.41, 5.74) is 5.52. The summed E-state index contributed by atoms with van der Waals surface area (Å²) in [6.45, 7) is 2.26. The molecule has 0 saturated heterocycles. The topological polar surface area (TPSA) is 92.5 Å². The summed E-state index contributed by atoms with van der Waals surface area (Å²) in [4.78, 5) is 13.7. The molecule has 1 atom stereocenters. The number of fused-ring (bicyclic) bond motifs is 1. The molecule has 1 amide bonds. The molecule has 8 heteroatoms. The zero-order valence-electron chi connectivity index (χ0n) is 14.3. The third kappa shape index (κ3) is 5.40. The highest BCUT2D eigenvalue weighted by Crippen LogP contribution is 2.18. The Morgan fingerprint density at radius 3 is 2.48 bits per heavy atom. The zero-order chi connectivity index (χ0) is 17.7. The van der Waals surface area contributed by atoms with Crippen LogP contribution in [0.2, 0.25) is 0 Å². The molecule has 138 valence electrons. The Bertz CT molecular complexity index is 827. The summed E-state index contributed by atoms with van der Waals surface area (Å²) in [6, 6.07) is 12.4. The Hall–Kier alpha value is -1.67. The molecule has 2 rings (SSSR count). The highest BCUT2D eigenvalue weighted by atomic mass is 35.5. The number of amides is 1. The first-order valence-corrected chi connectivity index (χ1v) is 9.27. The van der Waals surface area contributed by atoms with E-state index in [0.717, 1.165) is 10.8 Å². The first-order chi connectivity index (χ1) is 11.3. The van der Waals surface area contributed by atoms with Crippen LogP contribution < -0.4 is 10.5 Å². The van der Waals surface area contributed by atoms with Crippen molar-refractivity contribution in [2.75, 3.05) is 20.1 Å². The van der Waals surface area contributed by atoms with Crippen molar-refractivity contribution in [3.05, 3.63) is 42.5 Å². The van der Waals surface area contributed by atoms with Crippen LogP contribution in [-0.4, -0.2) is 45.4 Å². The van der Waals surface area contributed by atoms with E-state index in [1.165, 1.54) is 4.90 Å². The molecule has 6 nitrogen and oxygen atoms in total. The number of likely N-dealkylation sites (N-methyl/N-ethyl adjacent to an activating group) is 1. The Labute approximate surface area is 154 Å². The van der Waals surface area contributed by atoms with E-state index < -0.39 is 10.0 Å². The Kier molecular flexibility index (Phi) is 7.82. The third-order valence-corrected chi connectivity index (χ3v) is 5.52. The van der Waals surface area contributed by atoms with Crippen LogP contribution in [0.1, 0.15) is 13.3 Å². The fourth-order valence-corrected chi connectivity index (χ4v) is 3.36. The molecule has 0 aromatic heterocycles. The summed E-state index contributed by atoms with van der Waals surface area (Å²) in [5, 5.41) is 1.83. The molecule has 1 unspecified atom stereocenters. The largest absolute Gasteiger partial charge is 0.342 e. The third-order valence-electron chi connectivity index (χ3n) is 4.06. The average molecular weight is 386 g/mol. The van der Waals surface area contributed by atoms with Crippen molar-refractivity contribution < 1.29 is 13.2 Å². The van der Waals surface area contributed by atoms with Gasteiger partial charge in [-0.1, -0.05) is 30.3 Å². The van der Waals surface area contributed by atoms with Crippen molar-refractivity contribution in [1.29, 1.82) is 0 Å². The van der Waals surface area contributed by atoms with Crippen LogP contribution in [-0.2, 0) is 14.8 Å². The molecule has 0 bridgehead atoms. The van der Waals surface area contributed by atoms with E-state index in [9.17, 15) is 13.2 Å². The van der Waals surface area contributed by atoms with E-state index in [1.54, 1.807) is 25.2 Å². The fourth-order valence-electron chi connectivity index (χ4n) is 2.29. The van der Waals surface area contributed by atoms with Crippen LogP contribution in [0, 0.1) is 0 Å². The molecule has 3 N–H and O–H groups in total. The number of rotatable bonds is 7. The molecular weight excluding hydrogens is 362 g/mol. The second-order valence-electron chi connectivity index (χ2n) is 5.75. The number of benzene rings is 2. The molecule has 0 aliphatic rings. The normalized spacial score (nSPS) is 12.4. The number of nitrogens with two attached hydrogens (primary N) is 1. The van der Waals surface area contributed by atoms with Gasteiger partial charge in [0.05, 0.1) is 4.90 Å². The van der Waals surface area contributed by atoms with E-state index in [-0.39, 0.29) is 42.2 Å². The first-order valence-electron chi connectivity index (χ1n) is 7.79. The lowest BCUT2D eigenvalue weighted by molar-refractivity contribution is -0.131. The molecule has 2 aromatic rings. The van der Waals surface area contributed by atoms with Crippen molar-refractivity contribution in [2.45, 2.75) is 24.3 Å². The Morgan fingerprint density at radius 1 is 1.20 bits per heavy atom. The molecule has 2 aromatic carbocycles. The van der Waals surface area contributed by atoms with Crippen molar-refractivity contribution in [3.63, 3.8) is 0 Å². The molecule has 0 saturated carbocycles. The second kappa shape index (κ2) is 9.15. The lowest BCUT2D eigenvalue weighted by atomic mass is 10.1. The molecule has 0 fully saturated rings. The van der Waals surface area contributed by atoms with Crippen LogP contribution >= 0.6 is 12.4 Å². The van der Waals surface area contributed by atoms with Crippen molar-refractivity contribution >= 4 is 39.1 Å². The molecular formula is C17H24ClN3O3S. The van der Waals surface area contributed by atoms with Crippen LogP contribution in [0.5, 0.6) is 0 Å². The van der Waals surface area contributed by atoms with Gasteiger partial charge in [-0.3, -0.25) is 4.79 Å². The van der Waals surface area contributed by atoms with Gasteiger partial charge in [-0.2, -0.15) is 0 Å². The van der Waals surface area contributed by atoms with Gasteiger partial charge in [0.15, 0.2) is 0 Å². The van der Waals surface area contributed by atoms with Crippen LogP contribution in [0.3, 0.4) is 0 Å². The minimum Gasteiger partial charge on any atom is -0.342 e. The zero-order valence-corrected chi connectivity index (χ0v) is 15.9. The molecule has 0 radical (unpaired) electrons. The van der Waals surface area contributed by atoms with Gasteiger partial charge in [0.25, 0.3) is 0 Å². The predicted molar refractivity (Wildman–Crippen MR) is 102 cm³/mol. The summed E-state index contributed by atoms with van der Waals surface area (Å²) >= 11 is 0. The number of sulfonamides is 1. The van der Waals surface area contributed by atoms with E-state index in [2.05, 4.69) is 4.72 Å². The van der Waals surface area contributed by atoms with Crippen molar-refractivity contribution in [3.8, 4) is 0 Å². The smallest absolute Gasteiger partial charge is 0.240 e. The van der Waals surface area contributed by atoms with E-state index >= 15 is 0 Å². The van der Waals surface area contributed by atoms with Crippen molar-refractivity contribution in [2.24, 2.45) is 5.73 Å². The summed E-state index contributed by atoms with van der Waals surface area (Å²) < 4.78 is 27.2. The standard InChI is InChI=1S/C17H23N3O3S.ClH/c1-13(12-18)20(2)17(21)9-10-19-24(22,23)16-8-7-14-5-3-4-6-15(14)11-16;/h3-8,11,13,19H,9-10,12,18H2,1-2H3;1H. The van der Waals surface area contributed by atoms with Gasteiger partial charge in [-0.15, -0.1) is 12.4 Å². The molecule has 0 aliphatic carbocycles. The quantitative estimate of drug-likeness (QED) is 0.759. The van der Waals surface area contributed by atoms with Gasteiger partial charge in [0.2, 0.25) is 15.9 Å². The van der Waals surface area contributed by atoms with E-state index in [0.29, 0.717) is 6.54 Å². The number of carbonyl (C=O) groups is 1. The lowest BCUT2D eigenvalue weighted by Crippen LogP contribution is -2.41. The number of hydrogen-bond donors (Lipinski definition) is 2. The maximum absolute atomic E-state index is 12.4. The lowest BCUT2D eigenvalue weighted by Gasteiger charge is -2.23. The fraction of sp³-hybridized carbons (Fsp3) is 0.353. The number of hydrogen-bond acceptors (Lipinski definition) is 4. The average Bonchev–Trinajstić information content (AvgIpc) is 2.59. The number of nitrogens with zero attached hydrogens (tertiary/aromatic N) is 1. The maximum atomic E-state index is 12.4. The predicted octanol–water partition coefficient (Wildman–Crippen LogP) is 1.74. The summed E-state index contributed by atoms with van der Waals surface area (Å²) in [7, 11) is -1.98. The highest BCUT2D eigenvalue weighted by molar-refractivity contribution is 7.89. The molecule has 0 heterocycles. The molecule has 0 spiro atoms. The van der Waals surface area contributed by atoms with E-state index in [1.807, 2.05) is 31.2 Å². The van der Waals surface area contributed by atoms with Crippen LogP contribution in [0.15, 0.2) is 47.4 Å². The van der Waals surface area contributed by atoms with Gasteiger partial charge in [0, 0.05) is 32.6 Å². The van der Waals surface area contributed by atoms with Gasteiger partial charge < -0.3 is 10.6 Å². The monoisotopic (exact) mass is 385 g/mol. The molecule has 0 aliphatic heterocycles. The van der Waals surface area contributed by atoms with Crippen molar-refractivity contribution in [1.82, 2.24) is 9.62 Å². The Morgan fingerprint density at radius 2 is 1.84 bits per heavy atom. The maximum Gasteiger partial charge on any atom is 0.240 e. The number of carbonyl (C=O) groups excluding carboxylic acids is 1. The number of halogens is 1. The van der Waals surface area contributed by atoms with Gasteiger partial charge in [-0.25, -0.2) is 13.1 Å². The van der Waals surface area contributed by atoms with Gasteiger partial charge in [-0.05, 0) is 29.8 Å². The van der Waals surface area contributed by atoms with Crippen LogP contribution in [0.4, 0.5) is 0 Å². The number of nitrogens with one attached hydrogen (secondary N) is 1. The minimum atomic E-state index is -3.64. The van der Waals surface area contributed by atoms with Gasteiger partial charge >= 0.3 is 0 Å². The minimum absolute atomic E-state index is 0. The second-order valence-corrected chi connectivity index (χ2v) is 7.51. The Balaban J connectivity index is 0.00000312. The summed E-state index contributed by atoms with van der Waals surface area (Å²) in [6.07, 6.45) is 0.0909.